The second-order valence-corrected chi connectivity index (χ2v) is 5.89. The van der Waals surface area contributed by atoms with Crippen molar-refractivity contribution in [2.24, 2.45) is 0 Å². The number of aliphatic carboxylic acids is 1. The molecule has 0 fully saturated rings. The molecular weight excluding hydrogens is 270 g/mol. The molecule has 0 bridgehead atoms. The van der Waals surface area contributed by atoms with Crippen LogP contribution in [0.25, 0.3) is 0 Å². The highest BCUT2D eigenvalue weighted by Gasteiger charge is 2.13. The van der Waals surface area contributed by atoms with E-state index in [0.29, 0.717) is 0 Å². The van der Waals surface area contributed by atoms with Crippen molar-refractivity contribution in [2.45, 2.75) is 25.9 Å². The highest BCUT2D eigenvalue weighted by molar-refractivity contribution is 7.07. The molecule has 1 heterocycles. The fourth-order valence-electron chi connectivity index (χ4n) is 2.12. The first-order valence-electron chi connectivity index (χ1n) is 6.57. The highest BCUT2D eigenvalue weighted by Crippen LogP contribution is 2.17. The third kappa shape index (κ3) is 3.92. The molecule has 20 heavy (non-hydrogen) atoms. The van der Waals surface area contributed by atoms with E-state index >= 15 is 0 Å². The van der Waals surface area contributed by atoms with Crippen molar-refractivity contribution < 1.29 is 9.90 Å². The van der Waals surface area contributed by atoms with Crippen LogP contribution < -0.4 is 0 Å². The van der Waals surface area contributed by atoms with E-state index in [2.05, 4.69) is 28.8 Å². The quantitative estimate of drug-likeness (QED) is 0.884. The largest absolute Gasteiger partial charge is 0.481 e. The standard InChI is InChI=1S/C16H19NO2S/c1-12(16(18)19)15-5-3-13(4-6-15)9-17(2)10-14-7-8-20-11-14/h3-8,11-12H,9-10H2,1-2H3,(H,18,19). The number of rotatable bonds is 6. The van der Waals surface area contributed by atoms with Crippen LogP contribution in [0.1, 0.15) is 29.5 Å². The van der Waals surface area contributed by atoms with Crippen molar-refractivity contribution in [3.05, 3.63) is 57.8 Å². The van der Waals surface area contributed by atoms with Crippen molar-refractivity contribution in [3.8, 4) is 0 Å². The first-order valence-corrected chi connectivity index (χ1v) is 7.52. The van der Waals surface area contributed by atoms with E-state index in [4.69, 9.17) is 5.11 Å². The van der Waals surface area contributed by atoms with Crippen molar-refractivity contribution in [2.75, 3.05) is 7.05 Å². The summed E-state index contributed by atoms with van der Waals surface area (Å²) in [4.78, 5) is 13.2. The lowest BCUT2D eigenvalue weighted by Gasteiger charge is -2.16. The number of hydrogen-bond acceptors (Lipinski definition) is 3. The molecule has 0 aliphatic heterocycles. The fourth-order valence-corrected chi connectivity index (χ4v) is 2.78. The van der Waals surface area contributed by atoms with Gasteiger partial charge in [-0.2, -0.15) is 11.3 Å². The Morgan fingerprint density at radius 1 is 1.20 bits per heavy atom. The van der Waals surface area contributed by atoms with E-state index in [1.54, 1.807) is 18.3 Å². The molecule has 106 valence electrons. The Kier molecular flexibility index (Phi) is 4.93. The molecule has 0 saturated heterocycles. The van der Waals surface area contributed by atoms with Gasteiger partial charge in [-0.15, -0.1) is 0 Å². The molecule has 3 nitrogen and oxygen atoms in total. The van der Waals surface area contributed by atoms with Crippen LogP contribution in [0.2, 0.25) is 0 Å². The number of thiophene rings is 1. The van der Waals surface area contributed by atoms with Crippen LogP contribution in [-0.2, 0) is 17.9 Å². The van der Waals surface area contributed by atoms with Gasteiger partial charge in [0, 0.05) is 13.1 Å². The van der Waals surface area contributed by atoms with Crippen LogP contribution in [0.4, 0.5) is 0 Å². The molecule has 2 aromatic rings. The Hall–Kier alpha value is -1.65. The maximum atomic E-state index is 10.9. The first kappa shape index (κ1) is 14.8. The summed E-state index contributed by atoms with van der Waals surface area (Å²) in [6.45, 7) is 3.49. The monoisotopic (exact) mass is 289 g/mol. The van der Waals surface area contributed by atoms with Gasteiger partial charge in [-0.25, -0.2) is 0 Å². The number of benzene rings is 1. The molecule has 1 aromatic carbocycles. The Balaban J connectivity index is 1.95. The Morgan fingerprint density at radius 3 is 2.40 bits per heavy atom. The van der Waals surface area contributed by atoms with Crippen LogP contribution in [0.5, 0.6) is 0 Å². The van der Waals surface area contributed by atoms with E-state index in [9.17, 15) is 4.79 Å². The molecule has 0 amide bonds. The SMILES string of the molecule is CC(C(=O)O)c1ccc(CN(C)Cc2ccsc2)cc1. The fraction of sp³-hybridized carbons (Fsp3) is 0.312. The predicted molar refractivity (Wildman–Crippen MR) is 82.0 cm³/mol. The predicted octanol–water partition coefficient (Wildman–Crippen LogP) is 3.57. The van der Waals surface area contributed by atoms with Gasteiger partial charge in [0.15, 0.2) is 0 Å². The van der Waals surface area contributed by atoms with Crippen molar-refractivity contribution in [1.82, 2.24) is 4.90 Å². The van der Waals surface area contributed by atoms with E-state index < -0.39 is 11.9 Å². The number of nitrogens with zero attached hydrogens (tertiary/aromatic N) is 1. The molecule has 0 saturated carbocycles. The van der Waals surface area contributed by atoms with Crippen LogP contribution in [0.15, 0.2) is 41.1 Å². The van der Waals surface area contributed by atoms with Gasteiger partial charge in [-0.3, -0.25) is 9.69 Å². The van der Waals surface area contributed by atoms with Crippen LogP contribution in [0.3, 0.4) is 0 Å². The van der Waals surface area contributed by atoms with E-state index in [1.165, 1.54) is 11.1 Å². The van der Waals surface area contributed by atoms with Gasteiger partial charge in [-0.1, -0.05) is 24.3 Å². The Morgan fingerprint density at radius 2 is 1.85 bits per heavy atom. The van der Waals surface area contributed by atoms with Crippen LogP contribution >= 0.6 is 11.3 Å². The third-order valence-corrected chi connectivity index (χ3v) is 4.07. The van der Waals surface area contributed by atoms with Crippen LogP contribution in [0, 0.1) is 0 Å². The van der Waals surface area contributed by atoms with Gasteiger partial charge in [0.1, 0.15) is 0 Å². The second kappa shape index (κ2) is 6.68. The average molecular weight is 289 g/mol. The molecule has 1 unspecified atom stereocenters. The minimum absolute atomic E-state index is 0.451. The van der Waals surface area contributed by atoms with E-state index in [-0.39, 0.29) is 0 Å². The Labute approximate surface area is 123 Å². The topological polar surface area (TPSA) is 40.5 Å². The summed E-state index contributed by atoms with van der Waals surface area (Å²) < 4.78 is 0. The number of carboxylic acid groups (broad SMARTS) is 1. The number of hydrogen-bond donors (Lipinski definition) is 1. The zero-order valence-corrected chi connectivity index (χ0v) is 12.6. The third-order valence-electron chi connectivity index (χ3n) is 3.34. The minimum Gasteiger partial charge on any atom is -0.481 e. The second-order valence-electron chi connectivity index (χ2n) is 5.11. The highest BCUT2D eigenvalue weighted by atomic mass is 32.1. The molecule has 0 radical (unpaired) electrons. The average Bonchev–Trinajstić information content (AvgIpc) is 2.91. The number of carboxylic acids is 1. The maximum Gasteiger partial charge on any atom is 0.310 e. The molecule has 1 aromatic heterocycles. The van der Waals surface area contributed by atoms with Gasteiger partial charge in [0.05, 0.1) is 5.92 Å². The summed E-state index contributed by atoms with van der Waals surface area (Å²) >= 11 is 1.71. The summed E-state index contributed by atoms with van der Waals surface area (Å²) in [5.74, 6) is -1.24. The van der Waals surface area contributed by atoms with Gasteiger partial charge in [0.2, 0.25) is 0 Å². The van der Waals surface area contributed by atoms with Crippen molar-refractivity contribution in [3.63, 3.8) is 0 Å². The first-order chi connectivity index (χ1) is 9.56. The zero-order chi connectivity index (χ0) is 14.5. The van der Waals surface area contributed by atoms with Gasteiger partial charge >= 0.3 is 5.97 Å². The normalized spacial score (nSPS) is 12.6. The van der Waals surface area contributed by atoms with Gasteiger partial charge in [0.25, 0.3) is 0 Å². The summed E-state index contributed by atoms with van der Waals surface area (Å²) in [6.07, 6.45) is 0. The van der Waals surface area contributed by atoms with Crippen molar-refractivity contribution in [1.29, 1.82) is 0 Å². The van der Waals surface area contributed by atoms with Crippen molar-refractivity contribution >= 4 is 17.3 Å². The van der Waals surface area contributed by atoms with E-state index in [0.717, 1.165) is 18.7 Å². The van der Waals surface area contributed by atoms with E-state index in [1.807, 2.05) is 24.3 Å². The lowest BCUT2D eigenvalue weighted by Crippen LogP contribution is -2.16. The Bertz CT molecular complexity index is 548. The van der Waals surface area contributed by atoms with Gasteiger partial charge < -0.3 is 5.11 Å². The molecule has 1 N–H and O–H groups in total. The molecule has 1 atom stereocenters. The smallest absolute Gasteiger partial charge is 0.310 e. The summed E-state index contributed by atoms with van der Waals surface area (Å²) in [5.41, 5.74) is 3.37. The minimum atomic E-state index is -0.785. The summed E-state index contributed by atoms with van der Waals surface area (Å²) in [5, 5.41) is 13.2. The zero-order valence-electron chi connectivity index (χ0n) is 11.7. The molecule has 0 spiro atoms. The lowest BCUT2D eigenvalue weighted by atomic mass is 10.00. The molecule has 2 rings (SSSR count). The maximum absolute atomic E-state index is 10.9. The summed E-state index contributed by atoms with van der Waals surface area (Å²) in [7, 11) is 2.09. The summed E-state index contributed by atoms with van der Waals surface area (Å²) in [6, 6.07) is 9.98. The molecular formula is C16H19NO2S. The van der Waals surface area contributed by atoms with Gasteiger partial charge in [-0.05, 0) is 47.5 Å². The number of carbonyl (C=O) groups is 1. The molecule has 4 heteroatoms. The van der Waals surface area contributed by atoms with Crippen LogP contribution in [-0.4, -0.2) is 23.0 Å². The molecule has 0 aliphatic carbocycles. The lowest BCUT2D eigenvalue weighted by molar-refractivity contribution is -0.138. The molecule has 0 aliphatic rings.